The highest BCUT2D eigenvalue weighted by atomic mass is 16.5. The van der Waals surface area contributed by atoms with Gasteiger partial charge in [-0.15, -0.1) is 0 Å². The minimum atomic E-state index is 0.373. The van der Waals surface area contributed by atoms with Gasteiger partial charge in [-0.1, -0.05) is 19.9 Å². The summed E-state index contributed by atoms with van der Waals surface area (Å²) < 4.78 is 5.32. The fourth-order valence-electron chi connectivity index (χ4n) is 2.03. The first-order valence-electron chi connectivity index (χ1n) is 5.78. The summed E-state index contributed by atoms with van der Waals surface area (Å²) in [4.78, 5) is 4.48. The molecular weight excluding hydrogens is 212 g/mol. The summed E-state index contributed by atoms with van der Waals surface area (Å²) in [7, 11) is 1.65. The van der Waals surface area contributed by atoms with E-state index in [1.54, 1.807) is 7.11 Å². The normalized spacial score (nSPS) is 11.1. The van der Waals surface area contributed by atoms with Crippen molar-refractivity contribution in [1.82, 2.24) is 4.98 Å². The van der Waals surface area contributed by atoms with Crippen LogP contribution in [0, 0.1) is 6.92 Å². The summed E-state index contributed by atoms with van der Waals surface area (Å²) in [5, 5.41) is 1.11. The molecule has 0 amide bonds. The van der Waals surface area contributed by atoms with Crippen molar-refractivity contribution >= 4 is 16.7 Å². The molecule has 1 aromatic heterocycles. The fourth-order valence-corrected chi connectivity index (χ4v) is 2.03. The Hall–Kier alpha value is -1.77. The number of pyridine rings is 1. The molecule has 17 heavy (non-hydrogen) atoms. The van der Waals surface area contributed by atoms with E-state index < -0.39 is 0 Å². The molecule has 0 saturated heterocycles. The molecule has 0 bridgehead atoms. The molecule has 0 aliphatic rings. The van der Waals surface area contributed by atoms with E-state index in [4.69, 9.17) is 10.5 Å². The van der Waals surface area contributed by atoms with Gasteiger partial charge in [-0.05, 0) is 36.1 Å². The molecule has 0 unspecified atom stereocenters. The first-order valence-corrected chi connectivity index (χ1v) is 5.78. The van der Waals surface area contributed by atoms with Crippen molar-refractivity contribution in [3.8, 4) is 5.75 Å². The van der Waals surface area contributed by atoms with Gasteiger partial charge in [-0.25, -0.2) is 4.98 Å². The maximum Gasteiger partial charge on any atom is 0.145 e. The van der Waals surface area contributed by atoms with Crippen LogP contribution in [0.1, 0.15) is 30.9 Å². The van der Waals surface area contributed by atoms with Gasteiger partial charge < -0.3 is 10.5 Å². The Kier molecular flexibility index (Phi) is 2.92. The second-order valence-electron chi connectivity index (χ2n) is 4.60. The van der Waals surface area contributed by atoms with E-state index in [0.29, 0.717) is 11.7 Å². The third-order valence-electron chi connectivity index (χ3n) is 3.07. The summed E-state index contributed by atoms with van der Waals surface area (Å²) in [6.45, 7) is 6.31. The molecule has 1 aromatic carbocycles. The second-order valence-corrected chi connectivity index (χ2v) is 4.60. The predicted molar refractivity (Wildman–Crippen MR) is 71.5 cm³/mol. The zero-order chi connectivity index (χ0) is 12.6. The van der Waals surface area contributed by atoms with Gasteiger partial charge in [0.25, 0.3) is 0 Å². The van der Waals surface area contributed by atoms with Crippen molar-refractivity contribution in [2.75, 3.05) is 12.8 Å². The van der Waals surface area contributed by atoms with Gasteiger partial charge in [0.2, 0.25) is 0 Å². The highest BCUT2D eigenvalue weighted by Crippen LogP contribution is 2.31. The van der Waals surface area contributed by atoms with Crippen molar-refractivity contribution in [2.24, 2.45) is 0 Å². The lowest BCUT2D eigenvalue weighted by molar-refractivity contribution is 0.419. The average Bonchev–Trinajstić information content (AvgIpc) is 2.28. The number of fused-ring (bicyclic) bond motifs is 1. The minimum Gasteiger partial charge on any atom is -0.494 e. The molecular formula is C14H18N2O. The van der Waals surface area contributed by atoms with Crippen LogP contribution in [0.4, 0.5) is 5.82 Å². The van der Waals surface area contributed by atoms with Crippen molar-refractivity contribution in [3.63, 3.8) is 0 Å². The van der Waals surface area contributed by atoms with E-state index in [2.05, 4.69) is 31.8 Å². The van der Waals surface area contributed by atoms with Gasteiger partial charge in [-0.2, -0.15) is 0 Å². The third-order valence-corrected chi connectivity index (χ3v) is 3.07. The maximum atomic E-state index is 5.99. The van der Waals surface area contributed by atoms with Crippen LogP contribution in [0.5, 0.6) is 5.75 Å². The van der Waals surface area contributed by atoms with Crippen molar-refractivity contribution in [2.45, 2.75) is 26.7 Å². The molecule has 0 radical (unpaired) electrons. The minimum absolute atomic E-state index is 0.373. The van der Waals surface area contributed by atoms with E-state index >= 15 is 0 Å². The molecule has 0 fully saturated rings. The third kappa shape index (κ3) is 1.93. The van der Waals surface area contributed by atoms with Gasteiger partial charge in [0, 0.05) is 5.39 Å². The van der Waals surface area contributed by atoms with Crippen molar-refractivity contribution < 1.29 is 4.74 Å². The first kappa shape index (κ1) is 11.7. The van der Waals surface area contributed by atoms with Gasteiger partial charge in [0.1, 0.15) is 17.1 Å². The van der Waals surface area contributed by atoms with Crippen LogP contribution >= 0.6 is 0 Å². The molecule has 1 heterocycles. The monoisotopic (exact) mass is 230 g/mol. The topological polar surface area (TPSA) is 48.1 Å². The SMILES string of the molecule is COc1ccc(C)c2cc(C(C)C)c(N)nc12. The van der Waals surface area contributed by atoms with Crippen LogP contribution in [0.25, 0.3) is 10.9 Å². The quantitative estimate of drug-likeness (QED) is 0.861. The summed E-state index contributed by atoms with van der Waals surface area (Å²) in [6, 6.07) is 6.10. The lowest BCUT2D eigenvalue weighted by Crippen LogP contribution is -2.01. The molecule has 0 spiro atoms. The zero-order valence-electron chi connectivity index (χ0n) is 10.7. The Morgan fingerprint density at radius 1 is 1.29 bits per heavy atom. The molecule has 2 N–H and O–H groups in total. The number of aromatic nitrogens is 1. The zero-order valence-corrected chi connectivity index (χ0v) is 10.7. The summed E-state index contributed by atoms with van der Waals surface area (Å²) in [6.07, 6.45) is 0. The number of aryl methyl sites for hydroxylation is 1. The maximum absolute atomic E-state index is 5.99. The number of benzene rings is 1. The molecule has 2 aromatic rings. The molecule has 90 valence electrons. The van der Waals surface area contributed by atoms with Crippen molar-refractivity contribution in [3.05, 3.63) is 29.3 Å². The van der Waals surface area contributed by atoms with E-state index in [-0.39, 0.29) is 0 Å². The number of rotatable bonds is 2. The van der Waals surface area contributed by atoms with Crippen LogP contribution in [0.2, 0.25) is 0 Å². The number of methoxy groups -OCH3 is 1. The van der Waals surface area contributed by atoms with Gasteiger partial charge >= 0.3 is 0 Å². The number of nitrogens with two attached hydrogens (primary N) is 1. The molecule has 0 aliphatic carbocycles. The Labute approximate surface area is 102 Å². The highest BCUT2D eigenvalue weighted by Gasteiger charge is 2.11. The number of anilines is 1. The Balaban J connectivity index is 2.81. The first-order chi connectivity index (χ1) is 8.04. The van der Waals surface area contributed by atoms with E-state index in [9.17, 15) is 0 Å². The van der Waals surface area contributed by atoms with E-state index in [1.165, 1.54) is 5.56 Å². The van der Waals surface area contributed by atoms with E-state index in [1.807, 2.05) is 12.1 Å². The van der Waals surface area contributed by atoms with Crippen molar-refractivity contribution in [1.29, 1.82) is 0 Å². The molecule has 0 atom stereocenters. The fraction of sp³-hybridized carbons (Fsp3) is 0.357. The second kappa shape index (κ2) is 4.24. The summed E-state index contributed by atoms with van der Waals surface area (Å²) >= 11 is 0. The largest absolute Gasteiger partial charge is 0.494 e. The van der Waals surface area contributed by atoms with Crippen LogP contribution in [-0.2, 0) is 0 Å². The lowest BCUT2D eigenvalue weighted by Gasteiger charge is -2.13. The van der Waals surface area contributed by atoms with Crippen LogP contribution in [-0.4, -0.2) is 12.1 Å². The highest BCUT2D eigenvalue weighted by molar-refractivity contribution is 5.89. The van der Waals surface area contributed by atoms with Crippen LogP contribution < -0.4 is 10.5 Å². The molecule has 3 nitrogen and oxygen atoms in total. The predicted octanol–water partition coefficient (Wildman–Crippen LogP) is 3.26. The lowest BCUT2D eigenvalue weighted by atomic mass is 10.00. The van der Waals surface area contributed by atoms with Crippen LogP contribution in [0.3, 0.4) is 0 Å². The summed E-state index contributed by atoms with van der Waals surface area (Å²) in [5.74, 6) is 1.74. The number of ether oxygens (including phenoxy) is 1. The average molecular weight is 230 g/mol. The van der Waals surface area contributed by atoms with Gasteiger partial charge in [0.05, 0.1) is 7.11 Å². The number of nitrogen functional groups attached to an aromatic ring is 1. The van der Waals surface area contributed by atoms with E-state index in [0.717, 1.165) is 22.2 Å². The summed E-state index contributed by atoms with van der Waals surface area (Å²) in [5.41, 5.74) is 9.12. The smallest absolute Gasteiger partial charge is 0.145 e. The Morgan fingerprint density at radius 3 is 2.59 bits per heavy atom. The Bertz CT molecular complexity index is 562. The molecule has 0 saturated carbocycles. The number of hydrogen-bond acceptors (Lipinski definition) is 3. The molecule has 2 rings (SSSR count). The number of hydrogen-bond donors (Lipinski definition) is 1. The Morgan fingerprint density at radius 2 is 2.00 bits per heavy atom. The standard InChI is InChI=1S/C14H18N2O/c1-8(2)10-7-11-9(3)5-6-12(17-4)13(11)16-14(10)15/h5-8H,1-4H3,(H2,15,16). The number of nitrogens with zero attached hydrogens (tertiary/aromatic N) is 1. The molecule has 3 heteroatoms. The van der Waals surface area contributed by atoms with Gasteiger partial charge in [-0.3, -0.25) is 0 Å². The van der Waals surface area contributed by atoms with Crippen LogP contribution in [0.15, 0.2) is 18.2 Å². The molecule has 0 aliphatic heterocycles. The van der Waals surface area contributed by atoms with Gasteiger partial charge in [0.15, 0.2) is 0 Å².